The van der Waals surface area contributed by atoms with Gasteiger partial charge in [-0.3, -0.25) is 0 Å². The minimum absolute atomic E-state index is 0.732. The fourth-order valence-electron chi connectivity index (χ4n) is 2.71. The number of halogens is 10. The predicted molar refractivity (Wildman–Crippen MR) is 49.4 cm³/mol. The highest BCUT2D eigenvalue weighted by Gasteiger charge is 2.68. The molecule has 0 bridgehead atoms. The van der Waals surface area contributed by atoms with E-state index in [-0.39, 0.29) is 0 Å². The van der Waals surface area contributed by atoms with Crippen LogP contribution in [-0.4, -0.2) is 60.6 Å². The number of hydrogen-bond donors (Lipinski definition) is 0. The van der Waals surface area contributed by atoms with Gasteiger partial charge in [0.15, 0.2) is 37.3 Å². The lowest BCUT2D eigenvalue weighted by Crippen LogP contribution is -2.73. The summed E-state index contributed by atoms with van der Waals surface area (Å²) in [4.78, 5) is -0.732. The summed E-state index contributed by atoms with van der Waals surface area (Å²) in [7, 11) is 0. The van der Waals surface area contributed by atoms with Crippen LogP contribution in [0, 0.1) is 5.92 Å². The highest BCUT2D eigenvalue weighted by atomic mass is 19.4. The standard InChI is InChI=1S/C10H9F10N/c11-2-1(10(18,19)20)8(16)21-7(4(2)13)5(14)3(12)6(15)9(21)17/h1-9H. The van der Waals surface area contributed by atoms with Crippen LogP contribution < -0.4 is 0 Å². The van der Waals surface area contributed by atoms with E-state index < -0.39 is 66.5 Å². The molecule has 2 fully saturated rings. The van der Waals surface area contributed by atoms with Gasteiger partial charge >= 0.3 is 6.18 Å². The third kappa shape index (κ3) is 2.36. The van der Waals surface area contributed by atoms with Gasteiger partial charge in [-0.25, -0.2) is 35.6 Å². The predicted octanol–water partition coefficient (Wildman–Crippen LogP) is 3.14. The normalized spacial score (nSPS) is 52.6. The second-order valence-corrected chi connectivity index (χ2v) is 4.97. The highest BCUT2D eigenvalue weighted by molar-refractivity contribution is 5.09. The molecule has 21 heavy (non-hydrogen) atoms. The molecule has 0 N–H and O–H groups in total. The van der Waals surface area contributed by atoms with E-state index in [9.17, 15) is 43.9 Å². The van der Waals surface area contributed by atoms with Crippen LogP contribution in [0.4, 0.5) is 43.9 Å². The number of alkyl halides is 10. The van der Waals surface area contributed by atoms with Gasteiger partial charge in [0.1, 0.15) is 12.1 Å². The lowest BCUT2D eigenvalue weighted by molar-refractivity contribution is -0.291. The molecule has 2 rings (SSSR count). The summed E-state index contributed by atoms with van der Waals surface area (Å²) < 4.78 is 131. The van der Waals surface area contributed by atoms with Crippen molar-refractivity contribution >= 4 is 0 Å². The minimum Gasteiger partial charge on any atom is -0.243 e. The Balaban J connectivity index is 2.43. The Kier molecular flexibility index (Phi) is 4.09. The Morgan fingerprint density at radius 2 is 1.05 bits per heavy atom. The summed E-state index contributed by atoms with van der Waals surface area (Å²) in [6.45, 7) is 0. The van der Waals surface area contributed by atoms with Crippen LogP contribution in [0.1, 0.15) is 0 Å². The van der Waals surface area contributed by atoms with E-state index in [1.54, 1.807) is 0 Å². The van der Waals surface area contributed by atoms with Gasteiger partial charge in [0.2, 0.25) is 0 Å². The molecule has 11 heteroatoms. The van der Waals surface area contributed by atoms with Crippen molar-refractivity contribution in [2.45, 2.75) is 55.7 Å². The highest BCUT2D eigenvalue weighted by Crippen LogP contribution is 2.48. The molecule has 9 atom stereocenters. The number of hydrogen-bond acceptors (Lipinski definition) is 1. The molecular weight excluding hydrogens is 324 g/mol. The molecule has 1 nitrogen and oxygen atoms in total. The first-order valence-corrected chi connectivity index (χ1v) is 5.82. The van der Waals surface area contributed by atoms with Crippen molar-refractivity contribution in [2.75, 3.05) is 0 Å². The van der Waals surface area contributed by atoms with Gasteiger partial charge in [0.05, 0.1) is 6.04 Å². The van der Waals surface area contributed by atoms with Crippen LogP contribution in [0.25, 0.3) is 0 Å². The molecule has 0 amide bonds. The average Bonchev–Trinajstić information content (AvgIpc) is 2.36. The smallest absolute Gasteiger partial charge is 0.243 e. The third-order valence-electron chi connectivity index (χ3n) is 3.76. The quantitative estimate of drug-likeness (QED) is 0.486. The molecule has 2 saturated heterocycles. The molecule has 0 saturated carbocycles. The Morgan fingerprint density at radius 3 is 1.52 bits per heavy atom. The summed E-state index contributed by atoms with van der Waals surface area (Å²) in [6.07, 6.45) is -29.1. The Bertz CT molecular complexity index is 389. The zero-order chi connectivity index (χ0) is 16.3. The number of rotatable bonds is 0. The summed E-state index contributed by atoms with van der Waals surface area (Å²) in [6, 6.07) is -2.80. The van der Waals surface area contributed by atoms with Crippen molar-refractivity contribution < 1.29 is 43.9 Å². The monoisotopic (exact) mass is 333 g/mol. The minimum atomic E-state index is -5.60. The first-order chi connectivity index (χ1) is 9.50. The maximum Gasteiger partial charge on any atom is 0.398 e. The third-order valence-corrected chi connectivity index (χ3v) is 3.76. The van der Waals surface area contributed by atoms with Gasteiger partial charge in [-0.05, 0) is 0 Å². The van der Waals surface area contributed by atoms with Gasteiger partial charge in [-0.2, -0.15) is 13.2 Å². The molecule has 9 unspecified atom stereocenters. The molecule has 0 aromatic carbocycles. The zero-order valence-electron chi connectivity index (χ0n) is 9.92. The maximum atomic E-state index is 13.7. The van der Waals surface area contributed by atoms with E-state index >= 15 is 0 Å². The molecule has 2 heterocycles. The van der Waals surface area contributed by atoms with Crippen molar-refractivity contribution in [3.63, 3.8) is 0 Å². The Labute approximate surface area is 111 Å². The van der Waals surface area contributed by atoms with E-state index in [2.05, 4.69) is 0 Å². The number of nitrogens with zero attached hydrogens (tertiary/aromatic N) is 1. The van der Waals surface area contributed by atoms with Crippen LogP contribution in [0.15, 0.2) is 0 Å². The average molecular weight is 333 g/mol. The Hall–Kier alpha value is -0.740. The van der Waals surface area contributed by atoms with Gasteiger partial charge in [-0.1, -0.05) is 0 Å². The molecule has 0 radical (unpaired) electrons. The van der Waals surface area contributed by atoms with E-state index in [1.165, 1.54) is 0 Å². The van der Waals surface area contributed by atoms with Crippen LogP contribution >= 0.6 is 0 Å². The summed E-state index contributed by atoms with van der Waals surface area (Å²) >= 11 is 0. The van der Waals surface area contributed by atoms with Crippen molar-refractivity contribution in [1.29, 1.82) is 0 Å². The molecule has 2 aliphatic heterocycles. The maximum absolute atomic E-state index is 13.7. The van der Waals surface area contributed by atoms with Gasteiger partial charge in [-0.15, -0.1) is 0 Å². The molecule has 0 aromatic heterocycles. The molecule has 0 aromatic rings. The summed E-state index contributed by atoms with van der Waals surface area (Å²) in [5.74, 6) is -3.61. The first-order valence-electron chi connectivity index (χ1n) is 5.82. The van der Waals surface area contributed by atoms with Crippen molar-refractivity contribution in [2.24, 2.45) is 5.92 Å². The number of piperidine rings is 2. The lowest BCUT2D eigenvalue weighted by Gasteiger charge is -2.51. The first kappa shape index (κ1) is 16.6. The topological polar surface area (TPSA) is 3.24 Å². The lowest BCUT2D eigenvalue weighted by atomic mass is 9.81. The molecule has 0 aliphatic carbocycles. The molecular formula is C10H9F10N. The zero-order valence-corrected chi connectivity index (χ0v) is 9.92. The van der Waals surface area contributed by atoms with Gasteiger partial charge in [0.25, 0.3) is 0 Å². The summed E-state index contributed by atoms with van der Waals surface area (Å²) in [5, 5.41) is 0. The SMILES string of the molecule is FC1C(F)C(F)N2C(F)C(C(F)(F)F)C(F)C(F)C2C1F. The molecule has 124 valence electrons. The van der Waals surface area contributed by atoms with Crippen molar-refractivity contribution in [3.05, 3.63) is 0 Å². The second kappa shape index (κ2) is 5.17. The van der Waals surface area contributed by atoms with Crippen LogP contribution in [0.3, 0.4) is 0 Å². The largest absolute Gasteiger partial charge is 0.398 e. The fraction of sp³-hybridized carbons (Fsp3) is 1.00. The number of fused-ring (bicyclic) bond motifs is 1. The molecule has 2 aliphatic rings. The van der Waals surface area contributed by atoms with Crippen LogP contribution in [0.2, 0.25) is 0 Å². The van der Waals surface area contributed by atoms with E-state index in [0.717, 1.165) is 0 Å². The van der Waals surface area contributed by atoms with Gasteiger partial charge < -0.3 is 0 Å². The van der Waals surface area contributed by atoms with Crippen molar-refractivity contribution in [1.82, 2.24) is 4.90 Å². The van der Waals surface area contributed by atoms with Gasteiger partial charge in [0, 0.05) is 0 Å². The van der Waals surface area contributed by atoms with Crippen molar-refractivity contribution in [3.8, 4) is 0 Å². The van der Waals surface area contributed by atoms with Crippen LogP contribution in [-0.2, 0) is 0 Å². The second-order valence-electron chi connectivity index (χ2n) is 4.97. The molecule has 0 spiro atoms. The Morgan fingerprint density at radius 1 is 0.571 bits per heavy atom. The van der Waals surface area contributed by atoms with E-state index in [4.69, 9.17) is 0 Å². The van der Waals surface area contributed by atoms with Crippen LogP contribution in [0.5, 0.6) is 0 Å². The summed E-state index contributed by atoms with van der Waals surface area (Å²) in [5.41, 5.74) is 0. The fourth-order valence-corrected chi connectivity index (χ4v) is 2.71. The van der Waals surface area contributed by atoms with E-state index in [1.807, 2.05) is 0 Å². The van der Waals surface area contributed by atoms with E-state index in [0.29, 0.717) is 0 Å².